The van der Waals surface area contributed by atoms with Crippen molar-refractivity contribution in [1.82, 2.24) is 15.1 Å². The van der Waals surface area contributed by atoms with E-state index in [4.69, 9.17) is 4.74 Å². The van der Waals surface area contributed by atoms with Gasteiger partial charge in [0.2, 0.25) is 0 Å². The lowest BCUT2D eigenvalue weighted by Crippen LogP contribution is -2.60. The Morgan fingerprint density at radius 3 is 2.23 bits per heavy atom. The van der Waals surface area contributed by atoms with Gasteiger partial charge in [0.15, 0.2) is 9.84 Å². The van der Waals surface area contributed by atoms with Gasteiger partial charge in [0.25, 0.3) is 0 Å². The molecule has 5 aliphatic rings. The van der Waals surface area contributed by atoms with Crippen LogP contribution in [0.4, 0.5) is 14.9 Å². The number of hydrogen-bond donors (Lipinski definition) is 1. The summed E-state index contributed by atoms with van der Waals surface area (Å²) in [5.74, 6) is 0.417. The lowest BCUT2D eigenvalue weighted by Gasteiger charge is -2.54. The van der Waals surface area contributed by atoms with Crippen molar-refractivity contribution in [3.8, 4) is 0 Å². The molecule has 1 N–H and O–H groups in total. The average Bonchev–Trinajstić information content (AvgIpc) is 3.85. The van der Waals surface area contributed by atoms with E-state index in [-0.39, 0.29) is 34.5 Å². The SMILES string of the molecule is COC(=O)N[C@H]1CCC[C@@H]1[C@](CN1CCC1)(c1cccc(F)c1)C1CCN(C2CCN(c3ccc(S(=O)(=O)C4CC4)cc3)CC2)CC1. The van der Waals surface area contributed by atoms with Gasteiger partial charge in [0.1, 0.15) is 5.82 Å². The van der Waals surface area contributed by atoms with Gasteiger partial charge in [-0.1, -0.05) is 18.6 Å². The number of methoxy groups -OCH3 is 1. The topological polar surface area (TPSA) is 82.2 Å². The smallest absolute Gasteiger partial charge is 0.407 e. The zero-order valence-corrected chi connectivity index (χ0v) is 28.6. The predicted octanol–water partition coefficient (Wildman–Crippen LogP) is 5.61. The number of sulfone groups is 1. The third kappa shape index (κ3) is 6.66. The second-order valence-corrected chi connectivity index (χ2v) is 17.0. The minimum absolute atomic E-state index is 0.0113. The van der Waals surface area contributed by atoms with Crippen LogP contribution in [-0.4, -0.2) is 94.6 Å². The molecule has 3 aliphatic heterocycles. The molecule has 2 aliphatic carbocycles. The summed E-state index contributed by atoms with van der Waals surface area (Å²) in [5, 5.41) is 3.01. The Morgan fingerprint density at radius 1 is 0.894 bits per heavy atom. The lowest BCUT2D eigenvalue weighted by molar-refractivity contribution is 0.0151. The number of rotatable bonds is 10. The lowest BCUT2D eigenvalue weighted by atomic mass is 9.57. The molecule has 0 bridgehead atoms. The maximum absolute atomic E-state index is 15.0. The maximum Gasteiger partial charge on any atom is 0.407 e. The molecule has 10 heteroatoms. The highest BCUT2D eigenvalue weighted by Gasteiger charge is 2.53. The molecule has 0 unspecified atom stereocenters. The first-order valence-corrected chi connectivity index (χ1v) is 19.5. The molecule has 47 heavy (non-hydrogen) atoms. The van der Waals surface area contributed by atoms with Crippen LogP contribution in [-0.2, 0) is 20.0 Å². The number of alkyl carbamates (subject to hydrolysis) is 1. The first kappa shape index (κ1) is 32.8. The Hall–Kier alpha value is -2.69. The molecule has 0 spiro atoms. The molecule has 1 amide bonds. The van der Waals surface area contributed by atoms with Crippen LogP contribution in [0.25, 0.3) is 0 Å². The van der Waals surface area contributed by atoms with Gasteiger partial charge in [0.05, 0.1) is 17.3 Å². The number of amides is 1. The van der Waals surface area contributed by atoms with Gasteiger partial charge in [-0.15, -0.1) is 0 Å². The maximum atomic E-state index is 15.0. The van der Waals surface area contributed by atoms with E-state index in [0.717, 1.165) is 115 Å². The normalized spacial score (nSPS) is 26.5. The fourth-order valence-electron chi connectivity index (χ4n) is 9.42. The molecule has 8 nitrogen and oxygen atoms in total. The molecule has 5 fully saturated rings. The van der Waals surface area contributed by atoms with E-state index >= 15 is 0 Å². The molecule has 2 aromatic carbocycles. The van der Waals surface area contributed by atoms with Crippen LogP contribution in [0.1, 0.15) is 69.8 Å². The van der Waals surface area contributed by atoms with Crippen LogP contribution >= 0.6 is 0 Å². The van der Waals surface area contributed by atoms with E-state index in [1.807, 2.05) is 18.2 Å². The van der Waals surface area contributed by atoms with Crippen LogP contribution in [0.5, 0.6) is 0 Å². The molecule has 0 radical (unpaired) electrons. The van der Waals surface area contributed by atoms with Gasteiger partial charge in [-0.25, -0.2) is 17.6 Å². The van der Waals surface area contributed by atoms with Crippen molar-refractivity contribution in [2.45, 2.75) is 91.9 Å². The standard InChI is InChI=1S/C37H51FN4O4S/c1-46-36(43)39-35-8-3-7-34(35)37(26-40-19-4-20-40,28-5-2-6-29(38)25-28)27-15-21-41(22-16-27)31-17-23-42(24-18-31)30-9-11-32(12-10-30)47(44,45)33-13-14-33/h2,5-6,9-12,25,27,31,33-35H,3-4,7-8,13-24,26H2,1H3,(H,39,43)/t34-,35-,37-/m0/s1. The largest absolute Gasteiger partial charge is 0.453 e. The van der Waals surface area contributed by atoms with Crippen molar-refractivity contribution in [3.05, 3.63) is 59.9 Å². The molecule has 3 heterocycles. The number of carbonyl (C=O) groups excluding carboxylic acids is 1. The number of piperidine rings is 2. The first-order chi connectivity index (χ1) is 22.8. The van der Waals surface area contributed by atoms with E-state index in [1.165, 1.54) is 13.5 Å². The molecular weight excluding hydrogens is 615 g/mol. The van der Waals surface area contributed by atoms with E-state index in [2.05, 4.69) is 26.1 Å². The zero-order chi connectivity index (χ0) is 32.6. The summed E-state index contributed by atoms with van der Waals surface area (Å²) in [5.41, 5.74) is 1.95. The van der Waals surface area contributed by atoms with E-state index in [1.54, 1.807) is 24.3 Å². The number of nitrogens with one attached hydrogen (secondary N) is 1. The molecule has 256 valence electrons. The number of halogens is 1. The second-order valence-electron chi connectivity index (χ2n) is 14.7. The number of nitrogens with zero attached hydrogens (tertiary/aromatic N) is 3. The Kier molecular flexibility index (Phi) is 9.55. The molecule has 3 saturated heterocycles. The summed E-state index contributed by atoms with van der Waals surface area (Å²) < 4.78 is 45.3. The van der Waals surface area contributed by atoms with Gasteiger partial charge in [0, 0.05) is 42.8 Å². The number of hydrogen-bond acceptors (Lipinski definition) is 7. The Bertz CT molecular complexity index is 1500. The van der Waals surface area contributed by atoms with Gasteiger partial charge in [-0.05, 0) is 138 Å². The minimum Gasteiger partial charge on any atom is -0.453 e. The number of anilines is 1. The van der Waals surface area contributed by atoms with Crippen molar-refractivity contribution in [2.75, 3.05) is 57.8 Å². The van der Waals surface area contributed by atoms with Gasteiger partial charge in [-0.2, -0.15) is 0 Å². The molecule has 0 aromatic heterocycles. The van der Waals surface area contributed by atoms with Crippen molar-refractivity contribution in [1.29, 1.82) is 0 Å². The highest BCUT2D eigenvalue weighted by Crippen LogP contribution is 2.51. The Morgan fingerprint density at radius 2 is 1.62 bits per heavy atom. The molecule has 2 aromatic rings. The van der Waals surface area contributed by atoms with E-state index < -0.39 is 9.84 Å². The summed E-state index contributed by atoms with van der Waals surface area (Å²) in [6.07, 6.45) is 9.68. The fourth-order valence-corrected chi connectivity index (χ4v) is 11.1. The quantitative estimate of drug-likeness (QED) is 0.353. The van der Waals surface area contributed by atoms with Crippen LogP contribution in [0.2, 0.25) is 0 Å². The summed E-state index contributed by atoms with van der Waals surface area (Å²) in [4.78, 5) is 20.6. The predicted molar refractivity (Wildman–Crippen MR) is 182 cm³/mol. The van der Waals surface area contributed by atoms with Crippen LogP contribution in [0.3, 0.4) is 0 Å². The highest BCUT2D eigenvalue weighted by atomic mass is 32.2. The molecule has 3 atom stereocenters. The third-order valence-corrected chi connectivity index (χ3v) is 14.5. The van der Waals surface area contributed by atoms with Crippen LogP contribution < -0.4 is 10.2 Å². The number of benzene rings is 2. The second kappa shape index (κ2) is 13.7. The molecular formula is C37H51FN4O4S. The molecule has 7 rings (SSSR count). The number of likely N-dealkylation sites (tertiary alicyclic amines) is 2. The molecule has 2 saturated carbocycles. The summed E-state index contributed by atoms with van der Waals surface area (Å²) in [7, 11) is -1.73. The minimum atomic E-state index is -3.16. The van der Waals surface area contributed by atoms with Crippen LogP contribution in [0.15, 0.2) is 53.4 Å². The summed E-state index contributed by atoms with van der Waals surface area (Å²) in [6.45, 7) is 7.05. The summed E-state index contributed by atoms with van der Waals surface area (Å²) in [6, 6.07) is 15.4. The van der Waals surface area contributed by atoms with Crippen molar-refractivity contribution in [2.24, 2.45) is 11.8 Å². The fraction of sp³-hybridized carbons (Fsp3) is 0.649. The highest BCUT2D eigenvalue weighted by molar-refractivity contribution is 7.92. The van der Waals surface area contributed by atoms with Gasteiger partial charge < -0.3 is 24.8 Å². The van der Waals surface area contributed by atoms with Gasteiger partial charge >= 0.3 is 6.09 Å². The number of carbonyl (C=O) groups is 1. The Balaban J connectivity index is 1.05. The summed E-state index contributed by atoms with van der Waals surface area (Å²) >= 11 is 0. The first-order valence-electron chi connectivity index (χ1n) is 17.9. The monoisotopic (exact) mass is 666 g/mol. The van der Waals surface area contributed by atoms with E-state index in [9.17, 15) is 17.6 Å². The van der Waals surface area contributed by atoms with E-state index in [0.29, 0.717) is 16.9 Å². The van der Waals surface area contributed by atoms with Crippen molar-refractivity contribution < 1.29 is 22.3 Å². The Labute approximate surface area is 279 Å². The van der Waals surface area contributed by atoms with Crippen LogP contribution in [0, 0.1) is 17.7 Å². The zero-order valence-electron chi connectivity index (χ0n) is 27.8. The number of ether oxygens (including phenoxy) is 1. The van der Waals surface area contributed by atoms with Gasteiger partial charge in [-0.3, -0.25) is 0 Å². The average molecular weight is 667 g/mol. The van der Waals surface area contributed by atoms with Crippen molar-refractivity contribution in [3.63, 3.8) is 0 Å². The van der Waals surface area contributed by atoms with Crippen molar-refractivity contribution >= 4 is 21.6 Å². The third-order valence-electron chi connectivity index (χ3n) is 12.2.